The Morgan fingerprint density at radius 2 is 1.91 bits per heavy atom. The maximum atomic E-state index is 12.2. The molecule has 0 saturated heterocycles. The fourth-order valence-electron chi connectivity index (χ4n) is 2.73. The molecule has 4 nitrogen and oxygen atoms in total. The average Bonchev–Trinajstić information content (AvgIpc) is 2.76. The number of nitrogens with zero attached hydrogens (tertiary/aromatic N) is 1. The Kier molecular flexibility index (Phi) is 5.26. The highest BCUT2D eigenvalue weighted by Crippen LogP contribution is 2.34. The van der Waals surface area contributed by atoms with Gasteiger partial charge in [-0.05, 0) is 20.3 Å². The number of carbonyl (C=O) groups excluding carboxylic acids is 1. The highest BCUT2D eigenvalue weighted by Gasteiger charge is 2.24. The van der Waals surface area contributed by atoms with E-state index in [1.54, 1.807) is 6.92 Å². The van der Waals surface area contributed by atoms with Crippen molar-refractivity contribution >= 4 is 11.7 Å². The van der Waals surface area contributed by atoms with Crippen LogP contribution >= 0.6 is 0 Å². The monoisotopic (exact) mass is 300 g/mol. The van der Waals surface area contributed by atoms with Crippen LogP contribution in [-0.4, -0.2) is 17.1 Å². The van der Waals surface area contributed by atoms with Crippen molar-refractivity contribution in [1.29, 1.82) is 0 Å². The molecule has 1 aromatic carbocycles. The Morgan fingerprint density at radius 1 is 1.23 bits per heavy atom. The summed E-state index contributed by atoms with van der Waals surface area (Å²) >= 11 is 0. The number of carbonyl (C=O) groups is 1. The molecule has 0 amide bonds. The molecule has 0 unspecified atom stereocenters. The zero-order chi connectivity index (χ0) is 16.1. The molecular weight excluding hydrogens is 276 g/mol. The van der Waals surface area contributed by atoms with Crippen LogP contribution in [0.25, 0.3) is 11.3 Å². The molecule has 0 aliphatic carbocycles. The Labute approximate surface area is 131 Å². The molecule has 0 atom stereocenters. The van der Waals surface area contributed by atoms with Crippen LogP contribution in [0.4, 0.5) is 5.69 Å². The van der Waals surface area contributed by atoms with Crippen molar-refractivity contribution in [1.82, 2.24) is 4.57 Å². The van der Waals surface area contributed by atoms with Crippen molar-refractivity contribution < 1.29 is 9.53 Å². The molecule has 4 heteroatoms. The predicted octanol–water partition coefficient (Wildman–Crippen LogP) is 4.02. The van der Waals surface area contributed by atoms with Crippen LogP contribution in [0.15, 0.2) is 30.3 Å². The van der Waals surface area contributed by atoms with E-state index in [2.05, 4.69) is 11.5 Å². The van der Waals surface area contributed by atoms with Gasteiger partial charge in [0.05, 0.1) is 18.0 Å². The number of rotatable bonds is 6. The smallest absolute Gasteiger partial charge is 0.342 e. The van der Waals surface area contributed by atoms with Crippen LogP contribution in [0.5, 0.6) is 0 Å². The Morgan fingerprint density at radius 3 is 2.50 bits per heavy atom. The maximum Gasteiger partial charge on any atom is 0.342 e. The summed E-state index contributed by atoms with van der Waals surface area (Å²) in [5.74, 6) is -0.343. The fraction of sp³-hybridized carbons (Fsp3) is 0.389. The SMILES string of the molecule is CCCCn1c(C)c(C(=O)OCC)c(N)c1-c1ccccc1. The van der Waals surface area contributed by atoms with Gasteiger partial charge in [0.1, 0.15) is 5.56 Å². The van der Waals surface area contributed by atoms with Gasteiger partial charge < -0.3 is 15.0 Å². The fourth-order valence-corrected chi connectivity index (χ4v) is 2.73. The number of ether oxygens (including phenoxy) is 1. The Bertz CT molecular complexity index is 645. The lowest BCUT2D eigenvalue weighted by Crippen LogP contribution is -2.08. The molecule has 2 rings (SSSR count). The van der Waals surface area contributed by atoms with E-state index in [0.717, 1.165) is 36.3 Å². The molecule has 0 aliphatic rings. The van der Waals surface area contributed by atoms with Gasteiger partial charge in [-0.1, -0.05) is 43.7 Å². The van der Waals surface area contributed by atoms with Gasteiger partial charge in [0.2, 0.25) is 0 Å². The van der Waals surface area contributed by atoms with E-state index >= 15 is 0 Å². The van der Waals surface area contributed by atoms with Gasteiger partial charge >= 0.3 is 5.97 Å². The summed E-state index contributed by atoms with van der Waals surface area (Å²) in [7, 11) is 0. The predicted molar refractivity (Wildman–Crippen MR) is 89.9 cm³/mol. The lowest BCUT2D eigenvalue weighted by atomic mass is 10.1. The van der Waals surface area contributed by atoms with Gasteiger partial charge in [0.15, 0.2) is 0 Å². The summed E-state index contributed by atoms with van der Waals surface area (Å²) in [6.07, 6.45) is 2.12. The first-order valence-electron chi connectivity index (χ1n) is 7.82. The van der Waals surface area contributed by atoms with Crippen molar-refractivity contribution in [2.24, 2.45) is 0 Å². The molecular formula is C18H24N2O2. The zero-order valence-corrected chi connectivity index (χ0v) is 13.6. The van der Waals surface area contributed by atoms with Crippen LogP contribution in [0.1, 0.15) is 42.7 Å². The summed E-state index contributed by atoms with van der Waals surface area (Å²) in [6.45, 7) is 7.08. The minimum absolute atomic E-state index is 0.343. The van der Waals surface area contributed by atoms with E-state index in [1.807, 2.05) is 37.3 Å². The maximum absolute atomic E-state index is 12.2. The molecule has 0 spiro atoms. The van der Waals surface area contributed by atoms with Crippen LogP contribution in [0.2, 0.25) is 0 Å². The van der Waals surface area contributed by atoms with Crippen molar-refractivity contribution in [2.45, 2.75) is 40.2 Å². The first-order chi connectivity index (χ1) is 10.6. The first-order valence-corrected chi connectivity index (χ1v) is 7.82. The molecule has 2 N–H and O–H groups in total. The summed E-state index contributed by atoms with van der Waals surface area (Å²) in [6, 6.07) is 9.96. The topological polar surface area (TPSA) is 57.2 Å². The van der Waals surface area contributed by atoms with E-state index in [9.17, 15) is 4.79 Å². The molecule has 0 fully saturated rings. The first kappa shape index (κ1) is 16.1. The Balaban J connectivity index is 2.59. The van der Waals surface area contributed by atoms with E-state index < -0.39 is 0 Å². The molecule has 1 aromatic heterocycles. The van der Waals surface area contributed by atoms with E-state index in [0.29, 0.717) is 17.9 Å². The second-order valence-electron chi connectivity index (χ2n) is 5.31. The molecule has 0 bridgehead atoms. The lowest BCUT2D eigenvalue weighted by molar-refractivity contribution is 0.0526. The number of nitrogens with two attached hydrogens (primary N) is 1. The third kappa shape index (κ3) is 3.01. The van der Waals surface area contributed by atoms with Gasteiger partial charge in [-0.3, -0.25) is 0 Å². The second-order valence-corrected chi connectivity index (χ2v) is 5.31. The van der Waals surface area contributed by atoms with Crippen LogP contribution in [0.3, 0.4) is 0 Å². The third-order valence-corrected chi connectivity index (χ3v) is 3.82. The molecule has 22 heavy (non-hydrogen) atoms. The standard InChI is InChI=1S/C18H24N2O2/c1-4-6-12-20-13(3)15(18(21)22-5-2)16(19)17(20)14-10-8-7-9-11-14/h7-11H,4-6,12,19H2,1-3H3. The highest BCUT2D eigenvalue weighted by molar-refractivity contribution is 6.01. The van der Waals surface area contributed by atoms with Gasteiger partial charge in [-0.2, -0.15) is 0 Å². The minimum Gasteiger partial charge on any atom is -0.462 e. The van der Waals surface area contributed by atoms with E-state index in [-0.39, 0.29) is 5.97 Å². The van der Waals surface area contributed by atoms with Crippen LogP contribution in [-0.2, 0) is 11.3 Å². The zero-order valence-electron chi connectivity index (χ0n) is 13.6. The van der Waals surface area contributed by atoms with Crippen molar-refractivity contribution in [2.75, 3.05) is 12.3 Å². The molecule has 118 valence electrons. The number of hydrogen-bond acceptors (Lipinski definition) is 3. The summed E-state index contributed by atoms with van der Waals surface area (Å²) in [5, 5.41) is 0. The Hall–Kier alpha value is -2.23. The van der Waals surface area contributed by atoms with Gasteiger partial charge in [0, 0.05) is 17.8 Å². The summed E-state index contributed by atoms with van der Waals surface area (Å²) < 4.78 is 7.31. The summed E-state index contributed by atoms with van der Waals surface area (Å²) in [5.41, 5.74) is 10.1. The number of aromatic nitrogens is 1. The number of esters is 1. The van der Waals surface area contributed by atoms with Crippen molar-refractivity contribution in [3.63, 3.8) is 0 Å². The lowest BCUT2D eigenvalue weighted by Gasteiger charge is -2.11. The number of anilines is 1. The highest BCUT2D eigenvalue weighted by atomic mass is 16.5. The number of unbranched alkanes of at least 4 members (excludes halogenated alkanes) is 1. The normalized spacial score (nSPS) is 10.7. The molecule has 0 radical (unpaired) electrons. The number of hydrogen-bond donors (Lipinski definition) is 1. The van der Waals surface area contributed by atoms with Crippen molar-refractivity contribution in [3.05, 3.63) is 41.6 Å². The largest absolute Gasteiger partial charge is 0.462 e. The average molecular weight is 300 g/mol. The van der Waals surface area contributed by atoms with Gasteiger partial charge in [-0.15, -0.1) is 0 Å². The van der Waals surface area contributed by atoms with E-state index in [4.69, 9.17) is 10.5 Å². The molecule has 0 saturated carbocycles. The number of benzene rings is 1. The minimum atomic E-state index is -0.343. The molecule has 0 aliphatic heterocycles. The van der Waals surface area contributed by atoms with Gasteiger partial charge in [0.25, 0.3) is 0 Å². The van der Waals surface area contributed by atoms with E-state index in [1.165, 1.54) is 0 Å². The molecule has 2 aromatic rings. The number of nitrogen functional groups attached to an aromatic ring is 1. The quantitative estimate of drug-likeness (QED) is 0.820. The van der Waals surface area contributed by atoms with Crippen LogP contribution < -0.4 is 5.73 Å². The van der Waals surface area contributed by atoms with Crippen LogP contribution in [0, 0.1) is 6.92 Å². The van der Waals surface area contributed by atoms with Gasteiger partial charge in [-0.25, -0.2) is 4.79 Å². The second kappa shape index (κ2) is 7.16. The molecule has 1 heterocycles. The summed E-state index contributed by atoms with van der Waals surface area (Å²) in [4.78, 5) is 12.2. The van der Waals surface area contributed by atoms with Crippen molar-refractivity contribution in [3.8, 4) is 11.3 Å². The third-order valence-electron chi connectivity index (χ3n) is 3.82.